The third kappa shape index (κ3) is 5.60. The molecule has 1 aliphatic rings. The summed E-state index contributed by atoms with van der Waals surface area (Å²) in [6, 6.07) is 6.63. The first-order chi connectivity index (χ1) is 11.8. The smallest absolute Gasteiger partial charge is 0.268 e. The van der Waals surface area contributed by atoms with Crippen LogP contribution in [0.5, 0.6) is 0 Å². The number of halogens is 1. The molecule has 2 rings (SSSR count). The fourth-order valence-electron chi connectivity index (χ4n) is 2.82. The topological polar surface area (TPSA) is 49.4 Å². The SMILES string of the molecule is CC(C)(C)N(NC(=O)c1ccc(Cl)cc1)C(=O)/C1=C/CCCCCC1. The number of hydrazine groups is 1. The third-order valence-electron chi connectivity index (χ3n) is 4.26. The minimum absolute atomic E-state index is 0.114. The predicted octanol–water partition coefficient (Wildman–Crippen LogP) is 4.89. The number of amides is 2. The third-order valence-corrected chi connectivity index (χ3v) is 4.51. The van der Waals surface area contributed by atoms with Crippen LogP contribution in [0.1, 0.15) is 69.7 Å². The Morgan fingerprint density at radius 2 is 1.68 bits per heavy atom. The maximum Gasteiger partial charge on any atom is 0.269 e. The number of hydrogen-bond acceptors (Lipinski definition) is 2. The highest BCUT2D eigenvalue weighted by Gasteiger charge is 2.30. The average molecular weight is 363 g/mol. The zero-order valence-electron chi connectivity index (χ0n) is 15.3. The van der Waals surface area contributed by atoms with Crippen molar-refractivity contribution >= 4 is 23.4 Å². The molecule has 1 aliphatic carbocycles. The van der Waals surface area contributed by atoms with E-state index in [2.05, 4.69) is 5.43 Å². The number of nitrogens with one attached hydrogen (secondary N) is 1. The van der Waals surface area contributed by atoms with E-state index in [4.69, 9.17) is 11.6 Å². The molecule has 0 unspecified atom stereocenters. The largest absolute Gasteiger partial charge is 0.269 e. The van der Waals surface area contributed by atoms with Crippen LogP contribution in [0, 0.1) is 0 Å². The molecule has 0 spiro atoms. The minimum atomic E-state index is -0.525. The second kappa shape index (κ2) is 8.52. The molecule has 0 fully saturated rings. The molecule has 25 heavy (non-hydrogen) atoms. The molecule has 2 amide bonds. The van der Waals surface area contributed by atoms with E-state index in [9.17, 15) is 9.59 Å². The Kier molecular flexibility index (Phi) is 6.65. The molecule has 1 N–H and O–H groups in total. The Bertz CT molecular complexity index is 645. The van der Waals surface area contributed by atoms with Gasteiger partial charge in [0.05, 0.1) is 5.54 Å². The lowest BCUT2D eigenvalue weighted by Gasteiger charge is -2.36. The zero-order chi connectivity index (χ0) is 18.4. The minimum Gasteiger partial charge on any atom is -0.268 e. The normalized spacial score (nSPS) is 17.7. The van der Waals surface area contributed by atoms with Crippen LogP contribution in [0.3, 0.4) is 0 Å². The van der Waals surface area contributed by atoms with Crippen molar-refractivity contribution in [3.8, 4) is 0 Å². The molecule has 1 aromatic carbocycles. The van der Waals surface area contributed by atoms with Crippen molar-refractivity contribution in [2.75, 3.05) is 0 Å². The summed E-state index contributed by atoms with van der Waals surface area (Å²) in [6.45, 7) is 5.74. The molecule has 0 aromatic heterocycles. The van der Waals surface area contributed by atoms with Gasteiger partial charge in [-0.1, -0.05) is 30.5 Å². The molecular formula is C20H27ClN2O2. The highest BCUT2D eigenvalue weighted by atomic mass is 35.5. The van der Waals surface area contributed by atoms with Crippen molar-refractivity contribution in [1.82, 2.24) is 10.4 Å². The molecule has 4 nitrogen and oxygen atoms in total. The van der Waals surface area contributed by atoms with Crippen LogP contribution in [-0.2, 0) is 4.79 Å². The molecular weight excluding hydrogens is 336 g/mol. The maximum absolute atomic E-state index is 13.1. The molecule has 0 saturated carbocycles. The Morgan fingerprint density at radius 1 is 1.04 bits per heavy atom. The molecule has 1 aromatic rings. The lowest BCUT2D eigenvalue weighted by atomic mass is 9.98. The first kappa shape index (κ1) is 19.5. The van der Waals surface area contributed by atoms with E-state index in [1.807, 2.05) is 26.8 Å². The van der Waals surface area contributed by atoms with Crippen molar-refractivity contribution in [3.05, 3.63) is 46.5 Å². The summed E-state index contributed by atoms with van der Waals surface area (Å²) < 4.78 is 0. The first-order valence-corrected chi connectivity index (χ1v) is 9.27. The lowest BCUT2D eigenvalue weighted by Crippen LogP contribution is -2.56. The van der Waals surface area contributed by atoms with Gasteiger partial charge in [-0.05, 0) is 70.7 Å². The van der Waals surface area contributed by atoms with Crippen LogP contribution < -0.4 is 5.43 Å². The zero-order valence-corrected chi connectivity index (χ0v) is 16.0. The van der Waals surface area contributed by atoms with Crippen molar-refractivity contribution in [3.63, 3.8) is 0 Å². The van der Waals surface area contributed by atoms with Gasteiger partial charge in [-0.3, -0.25) is 15.0 Å². The second-order valence-electron chi connectivity index (χ2n) is 7.44. The molecule has 0 atom stereocenters. The Hall–Kier alpha value is -1.81. The molecule has 0 aliphatic heterocycles. The van der Waals surface area contributed by atoms with Crippen LogP contribution >= 0.6 is 11.6 Å². The van der Waals surface area contributed by atoms with E-state index in [0.29, 0.717) is 10.6 Å². The van der Waals surface area contributed by atoms with Crippen molar-refractivity contribution in [2.45, 2.75) is 64.8 Å². The van der Waals surface area contributed by atoms with Crippen LogP contribution in [0.2, 0.25) is 5.02 Å². The van der Waals surface area contributed by atoms with Gasteiger partial charge in [0.2, 0.25) is 0 Å². The molecule has 0 saturated heterocycles. The molecule has 136 valence electrons. The van der Waals surface area contributed by atoms with Crippen LogP contribution in [-0.4, -0.2) is 22.4 Å². The summed E-state index contributed by atoms with van der Waals surface area (Å²) in [6.07, 6.45) is 8.22. The van der Waals surface area contributed by atoms with E-state index in [0.717, 1.165) is 37.7 Å². The van der Waals surface area contributed by atoms with Gasteiger partial charge >= 0.3 is 0 Å². The summed E-state index contributed by atoms with van der Waals surface area (Å²) in [4.78, 5) is 25.6. The van der Waals surface area contributed by atoms with Gasteiger partial charge in [-0.2, -0.15) is 0 Å². The monoisotopic (exact) mass is 362 g/mol. The molecule has 0 heterocycles. The van der Waals surface area contributed by atoms with Gasteiger partial charge in [0.15, 0.2) is 0 Å². The van der Waals surface area contributed by atoms with Crippen LogP contribution in [0.4, 0.5) is 0 Å². The van der Waals surface area contributed by atoms with Crippen molar-refractivity contribution < 1.29 is 9.59 Å². The van der Waals surface area contributed by atoms with Crippen molar-refractivity contribution in [1.29, 1.82) is 0 Å². The van der Waals surface area contributed by atoms with Gasteiger partial charge in [0, 0.05) is 16.2 Å². The van der Waals surface area contributed by atoms with E-state index < -0.39 is 5.54 Å². The fraction of sp³-hybridized carbons (Fsp3) is 0.500. The Morgan fingerprint density at radius 3 is 2.32 bits per heavy atom. The number of allylic oxidation sites excluding steroid dienone is 1. The number of carbonyl (C=O) groups is 2. The van der Waals surface area contributed by atoms with E-state index in [1.54, 1.807) is 24.3 Å². The van der Waals surface area contributed by atoms with Gasteiger partial charge in [0.25, 0.3) is 11.8 Å². The molecule has 0 bridgehead atoms. The van der Waals surface area contributed by atoms with E-state index >= 15 is 0 Å². The molecule has 5 heteroatoms. The maximum atomic E-state index is 13.1. The number of hydrogen-bond donors (Lipinski definition) is 1. The Balaban J connectivity index is 2.19. The second-order valence-corrected chi connectivity index (χ2v) is 7.88. The summed E-state index contributed by atoms with van der Waals surface area (Å²) in [5.41, 5.74) is 3.53. The number of nitrogens with zero attached hydrogens (tertiary/aromatic N) is 1. The van der Waals surface area contributed by atoms with Crippen molar-refractivity contribution in [2.24, 2.45) is 0 Å². The summed E-state index contributed by atoms with van der Waals surface area (Å²) >= 11 is 5.87. The standard InChI is InChI=1S/C20H27ClN2O2/c1-20(2,3)23(19(25)16-9-7-5-4-6-8-10-16)22-18(24)15-11-13-17(21)14-12-15/h9,11-14H,4-8,10H2,1-3H3,(H,22,24)/b16-9+. The van der Waals surface area contributed by atoms with E-state index in [1.165, 1.54) is 11.4 Å². The van der Waals surface area contributed by atoms with E-state index in [-0.39, 0.29) is 11.8 Å². The van der Waals surface area contributed by atoms with Gasteiger partial charge in [-0.15, -0.1) is 0 Å². The number of carbonyl (C=O) groups excluding carboxylic acids is 2. The lowest BCUT2D eigenvalue weighted by molar-refractivity contribution is -0.135. The quantitative estimate of drug-likeness (QED) is 0.761. The van der Waals surface area contributed by atoms with Crippen LogP contribution in [0.25, 0.3) is 0 Å². The molecule has 0 radical (unpaired) electrons. The van der Waals surface area contributed by atoms with Gasteiger partial charge < -0.3 is 0 Å². The number of rotatable bonds is 2. The summed E-state index contributed by atoms with van der Waals surface area (Å²) in [7, 11) is 0. The fourth-order valence-corrected chi connectivity index (χ4v) is 2.95. The number of benzene rings is 1. The average Bonchev–Trinajstić information content (AvgIpc) is 2.51. The Labute approximate surface area is 155 Å². The van der Waals surface area contributed by atoms with Gasteiger partial charge in [-0.25, -0.2) is 5.01 Å². The highest BCUT2D eigenvalue weighted by molar-refractivity contribution is 6.30. The first-order valence-electron chi connectivity index (χ1n) is 8.89. The summed E-state index contributed by atoms with van der Waals surface area (Å²) in [5.74, 6) is -0.428. The highest BCUT2D eigenvalue weighted by Crippen LogP contribution is 2.22. The summed E-state index contributed by atoms with van der Waals surface area (Å²) in [5, 5.41) is 2.03. The predicted molar refractivity (Wildman–Crippen MR) is 101 cm³/mol. The van der Waals surface area contributed by atoms with Crippen LogP contribution in [0.15, 0.2) is 35.9 Å². The van der Waals surface area contributed by atoms with Gasteiger partial charge in [0.1, 0.15) is 0 Å².